The normalized spacial score (nSPS) is 32.3. The van der Waals surface area contributed by atoms with E-state index in [0.29, 0.717) is 4.47 Å². The molecule has 0 aromatic heterocycles. The molecule has 0 radical (unpaired) electrons. The molecule has 1 spiro atoms. The summed E-state index contributed by atoms with van der Waals surface area (Å²) in [6, 6.07) is 4.38. The fourth-order valence-electron chi connectivity index (χ4n) is 4.50. The second-order valence-corrected chi connectivity index (χ2v) is 7.59. The molecular weight excluding hydrogens is 365 g/mol. The quantitative estimate of drug-likeness (QED) is 0.790. The number of anilines is 1. The molecule has 120 valence electrons. The number of amides is 1. The van der Waals surface area contributed by atoms with Crippen LogP contribution in [0, 0.1) is 34.9 Å². The van der Waals surface area contributed by atoms with Gasteiger partial charge < -0.3 is 10.4 Å². The van der Waals surface area contributed by atoms with Crippen molar-refractivity contribution in [2.24, 2.45) is 29.1 Å². The maximum absolute atomic E-state index is 13.9. The Bertz CT molecular complexity index is 743. The SMILES string of the molecule is O=C(Nc1ccc(Br)cc1F)C1[C@H](C(=O)O)[C@H]2C=C[C@@H]1C21CC1. The molecule has 2 saturated carbocycles. The molecule has 0 aliphatic heterocycles. The zero-order valence-electron chi connectivity index (χ0n) is 12.1. The van der Waals surface area contributed by atoms with Gasteiger partial charge in [-0.15, -0.1) is 0 Å². The zero-order valence-corrected chi connectivity index (χ0v) is 13.7. The molecule has 2 N–H and O–H groups in total. The molecule has 2 bridgehead atoms. The van der Waals surface area contributed by atoms with Crippen molar-refractivity contribution < 1.29 is 19.1 Å². The summed E-state index contributed by atoms with van der Waals surface area (Å²) < 4.78 is 14.5. The van der Waals surface area contributed by atoms with Gasteiger partial charge in [-0.1, -0.05) is 28.1 Å². The molecule has 1 amide bonds. The number of nitrogens with one attached hydrogen (secondary N) is 1. The summed E-state index contributed by atoms with van der Waals surface area (Å²) in [7, 11) is 0. The Kier molecular flexibility index (Phi) is 3.17. The number of hydrogen-bond donors (Lipinski definition) is 2. The zero-order chi connectivity index (χ0) is 16.4. The van der Waals surface area contributed by atoms with Crippen molar-refractivity contribution in [2.45, 2.75) is 12.8 Å². The van der Waals surface area contributed by atoms with E-state index in [-0.39, 0.29) is 22.9 Å². The lowest BCUT2D eigenvalue weighted by atomic mass is 9.82. The molecule has 1 aromatic carbocycles. The van der Waals surface area contributed by atoms with Crippen LogP contribution in [-0.2, 0) is 9.59 Å². The molecule has 4 atom stereocenters. The Balaban J connectivity index is 1.62. The summed E-state index contributed by atoms with van der Waals surface area (Å²) in [5.41, 5.74) is 0.0440. The molecular formula is C17H15BrFNO3. The van der Waals surface area contributed by atoms with Gasteiger partial charge in [0.15, 0.2) is 0 Å². The summed E-state index contributed by atoms with van der Waals surface area (Å²) in [6.07, 6.45) is 5.88. The molecule has 23 heavy (non-hydrogen) atoms. The lowest BCUT2D eigenvalue weighted by molar-refractivity contribution is -0.146. The van der Waals surface area contributed by atoms with Gasteiger partial charge in [0.05, 0.1) is 17.5 Å². The second kappa shape index (κ2) is 4.90. The lowest BCUT2D eigenvalue weighted by Gasteiger charge is -2.23. The van der Waals surface area contributed by atoms with E-state index in [1.54, 1.807) is 6.07 Å². The standard InChI is InChI=1S/C17H15BrFNO3/c18-8-1-4-12(11(19)7-8)20-15(21)13-9-2-3-10(14(13)16(22)23)17(9)5-6-17/h1-4,7,9-10,13-14H,5-6H2,(H,20,21)(H,22,23)/t9-,10+,13?,14+/m0/s1. The van der Waals surface area contributed by atoms with E-state index in [0.717, 1.165) is 12.8 Å². The van der Waals surface area contributed by atoms with Crippen LogP contribution in [0.25, 0.3) is 0 Å². The van der Waals surface area contributed by atoms with Crippen molar-refractivity contribution in [3.63, 3.8) is 0 Å². The van der Waals surface area contributed by atoms with Gasteiger partial charge in [0.25, 0.3) is 0 Å². The highest BCUT2D eigenvalue weighted by molar-refractivity contribution is 9.10. The van der Waals surface area contributed by atoms with E-state index < -0.39 is 29.5 Å². The highest BCUT2D eigenvalue weighted by atomic mass is 79.9. The molecule has 1 unspecified atom stereocenters. The van der Waals surface area contributed by atoms with Crippen molar-refractivity contribution in [1.82, 2.24) is 0 Å². The summed E-state index contributed by atoms with van der Waals surface area (Å²) in [5.74, 6) is -3.35. The average molecular weight is 380 g/mol. The van der Waals surface area contributed by atoms with E-state index in [9.17, 15) is 19.1 Å². The Hall–Kier alpha value is -1.69. The molecule has 2 fully saturated rings. The monoisotopic (exact) mass is 379 g/mol. The third-order valence-electron chi connectivity index (χ3n) is 5.62. The highest BCUT2D eigenvalue weighted by Gasteiger charge is 2.70. The van der Waals surface area contributed by atoms with Crippen LogP contribution in [0.2, 0.25) is 0 Å². The van der Waals surface area contributed by atoms with Gasteiger partial charge in [-0.05, 0) is 48.3 Å². The lowest BCUT2D eigenvalue weighted by Crippen LogP contribution is -2.36. The Morgan fingerprint density at radius 3 is 2.43 bits per heavy atom. The molecule has 3 aliphatic rings. The summed E-state index contributed by atoms with van der Waals surface area (Å²) in [6.45, 7) is 0. The number of benzene rings is 1. The van der Waals surface area contributed by atoms with Crippen LogP contribution in [0.3, 0.4) is 0 Å². The number of aliphatic carboxylic acids is 1. The largest absolute Gasteiger partial charge is 0.481 e. The van der Waals surface area contributed by atoms with E-state index in [1.807, 2.05) is 12.2 Å². The molecule has 3 aliphatic carbocycles. The number of carbonyl (C=O) groups excluding carboxylic acids is 1. The molecule has 0 saturated heterocycles. The molecule has 4 rings (SSSR count). The minimum Gasteiger partial charge on any atom is -0.481 e. The van der Waals surface area contributed by atoms with Crippen LogP contribution in [0.4, 0.5) is 10.1 Å². The number of hydrogen-bond acceptors (Lipinski definition) is 2. The van der Waals surface area contributed by atoms with Crippen LogP contribution >= 0.6 is 15.9 Å². The molecule has 1 aromatic rings. The van der Waals surface area contributed by atoms with Crippen molar-refractivity contribution in [3.05, 3.63) is 40.6 Å². The van der Waals surface area contributed by atoms with Crippen molar-refractivity contribution >= 4 is 33.5 Å². The minimum atomic E-state index is -0.940. The maximum Gasteiger partial charge on any atom is 0.307 e. The molecule has 0 heterocycles. The first-order chi connectivity index (χ1) is 10.9. The van der Waals surface area contributed by atoms with Gasteiger partial charge in [0.1, 0.15) is 5.82 Å². The predicted molar refractivity (Wildman–Crippen MR) is 85.1 cm³/mol. The number of halogens is 2. The van der Waals surface area contributed by atoms with Gasteiger partial charge in [0.2, 0.25) is 5.91 Å². The van der Waals surface area contributed by atoms with E-state index >= 15 is 0 Å². The summed E-state index contributed by atoms with van der Waals surface area (Å²) in [5, 5.41) is 12.2. The smallest absolute Gasteiger partial charge is 0.307 e. The van der Waals surface area contributed by atoms with Crippen LogP contribution in [0.15, 0.2) is 34.8 Å². The highest BCUT2D eigenvalue weighted by Crippen LogP contribution is 2.72. The first-order valence-electron chi connectivity index (χ1n) is 7.61. The molecule has 6 heteroatoms. The van der Waals surface area contributed by atoms with E-state index in [1.165, 1.54) is 12.1 Å². The second-order valence-electron chi connectivity index (χ2n) is 6.67. The summed E-state index contributed by atoms with van der Waals surface area (Å²) in [4.78, 5) is 24.4. The van der Waals surface area contributed by atoms with Gasteiger partial charge >= 0.3 is 5.97 Å². The fourth-order valence-corrected chi connectivity index (χ4v) is 4.83. The predicted octanol–water partition coefficient (Wildman–Crippen LogP) is 3.44. The van der Waals surface area contributed by atoms with Crippen molar-refractivity contribution in [2.75, 3.05) is 5.32 Å². The van der Waals surface area contributed by atoms with Crippen LogP contribution in [0.1, 0.15) is 12.8 Å². The first-order valence-corrected chi connectivity index (χ1v) is 8.40. The minimum absolute atomic E-state index is 0.0384. The van der Waals surface area contributed by atoms with Gasteiger partial charge in [-0.3, -0.25) is 9.59 Å². The number of carbonyl (C=O) groups is 2. The fraction of sp³-hybridized carbons (Fsp3) is 0.412. The van der Waals surface area contributed by atoms with Gasteiger partial charge in [0, 0.05) is 4.47 Å². The third-order valence-corrected chi connectivity index (χ3v) is 6.11. The van der Waals surface area contributed by atoms with Crippen LogP contribution in [0.5, 0.6) is 0 Å². The van der Waals surface area contributed by atoms with Crippen LogP contribution < -0.4 is 5.32 Å². The average Bonchev–Trinajstić information content (AvgIpc) is 3.15. The maximum atomic E-state index is 13.9. The van der Waals surface area contributed by atoms with E-state index in [2.05, 4.69) is 21.2 Å². The third kappa shape index (κ3) is 2.07. The Morgan fingerprint density at radius 1 is 1.22 bits per heavy atom. The van der Waals surface area contributed by atoms with E-state index in [4.69, 9.17) is 0 Å². The van der Waals surface area contributed by atoms with Gasteiger partial charge in [-0.2, -0.15) is 0 Å². The number of allylic oxidation sites excluding steroid dienone is 2. The number of carboxylic acids is 1. The summed E-state index contributed by atoms with van der Waals surface area (Å²) >= 11 is 3.17. The Morgan fingerprint density at radius 2 is 1.87 bits per heavy atom. The molecule has 4 nitrogen and oxygen atoms in total. The van der Waals surface area contributed by atoms with Crippen molar-refractivity contribution in [3.8, 4) is 0 Å². The topological polar surface area (TPSA) is 66.4 Å². The number of rotatable bonds is 3. The first kappa shape index (κ1) is 14.9. The number of carboxylic acid groups (broad SMARTS) is 1. The Labute approximate surface area is 140 Å². The van der Waals surface area contributed by atoms with Crippen molar-refractivity contribution in [1.29, 1.82) is 0 Å². The van der Waals surface area contributed by atoms with Gasteiger partial charge in [-0.25, -0.2) is 4.39 Å². The van der Waals surface area contributed by atoms with Crippen LogP contribution in [-0.4, -0.2) is 17.0 Å².